The van der Waals surface area contributed by atoms with Crippen molar-refractivity contribution < 1.29 is 4.79 Å². The molecule has 2 aromatic carbocycles. The minimum absolute atomic E-state index is 0.0949. The van der Waals surface area contributed by atoms with Crippen molar-refractivity contribution in [2.45, 2.75) is 19.3 Å². The minimum atomic E-state index is -0.0949. The maximum absolute atomic E-state index is 12.2. The molecule has 0 spiro atoms. The summed E-state index contributed by atoms with van der Waals surface area (Å²) in [6.45, 7) is 1.94. The fourth-order valence-corrected chi connectivity index (χ4v) is 2.11. The molecular weight excluding hydrogens is 244 g/mol. The van der Waals surface area contributed by atoms with Gasteiger partial charge in [-0.25, -0.2) is 0 Å². The molecule has 2 rings (SSSR count). The van der Waals surface area contributed by atoms with E-state index in [1.807, 2.05) is 61.5 Å². The van der Waals surface area contributed by atoms with Crippen molar-refractivity contribution in [3.8, 4) is 0 Å². The lowest BCUT2D eigenvalue weighted by atomic mass is 9.93. The molecule has 0 fully saturated rings. The Morgan fingerprint density at radius 2 is 1.67 bits per heavy atom. The predicted octanol–water partition coefficient (Wildman–Crippen LogP) is 4.26. The molecule has 0 bridgehead atoms. The van der Waals surface area contributed by atoms with Crippen molar-refractivity contribution in [1.29, 1.82) is 0 Å². The predicted molar refractivity (Wildman–Crippen MR) is 75.0 cm³/mol. The quantitative estimate of drug-likeness (QED) is 0.801. The van der Waals surface area contributed by atoms with E-state index in [1.165, 1.54) is 0 Å². The first-order chi connectivity index (χ1) is 8.68. The normalized spacial score (nSPS) is 12.1. The smallest absolute Gasteiger partial charge is 0.144 e. The van der Waals surface area contributed by atoms with Gasteiger partial charge in [0.1, 0.15) is 5.78 Å². The first kappa shape index (κ1) is 12.8. The molecule has 0 N–H and O–H groups in total. The molecule has 0 aliphatic carbocycles. The number of hydrogen-bond acceptors (Lipinski definition) is 1. The largest absolute Gasteiger partial charge is 0.299 e. The summed E-state index contributed by atoms with van der Waals surface area (Å²) in [6, 6.07) is 17.3. The zero-order valence-corrected chi connectivity index (χ0v) is 11.0. The summed E-state index contributed by atoms with van der Waals surface area (Å²) < 4.78 is 0. The van der Waals surface area contributed by atoms with Crippen LogP contribution in [0.15, 0.2) is 54.6 Å². The fraction of sp³-hybridized carbons (Fsp3) is 0.188. The SMILES string of the molecule is CC(C(=O)Cc1ccccc1Cl)c1ccccc1. The standard InChI is InChI=1S/C16H15ClO/c1-12(13-7-3-2-4-8-13)16(18)11-14-9-5-6-10-15(14)17/h2-10,12H,11H2,1H3. The molecular formula is C16H15ClO. The van der Waals surface area contributed by atoms with E-state index in [4.69, 9.17) is 11.6 Å². The molecule has 0 saturated carbocycles. The Morgan fingerprint density at radius 1 is 1.06 bits per heavy atom. The van der Waals surface area contributed by atoms with Crippen molar-refractivity contribution in [3.63, 3.8) is 0 Å². The van der Waals surface area contributed by atoms with Crippen LogP contribution in [0, 0.1) is 0 Å². The highest BCUT2D eigenvalue weighted by molar-refractivity contribution is 6.31. The summed E-state index contributed by atoms with van der Waals surface area (Å²) in [4.78, 5) is 12.2. The van der Waals surface area contributed by atoms with Gasteiger partial charge in [-0.1, -0.05) is 67.1 Å². The van der Waals surface area contributed by atoms with Gasteiger partial charge in [-0.3, -0.25) is 4.79 Å². The molecule has 0 heterocycles. The van der Waals surface area contributed by atoms with Gasteiger partial charge in [0.25, 0.3) is 0 Å². The van der Waals surface area contributed by atoms with Gasteiger partial charge in [0.05, 0.1) is 0 Å². The lowest BCUT2D eigenvalue weighted by Crippen LogP contribution is -2.12. The molecule has 0 saturated heterocycles. The molecule has 0 aliphatic rings. The van der Waals surface area contributed by atoms with Crippen molar-refractivity contribution in [3.05, 3.63) is 70.7 Å². The third kappa shape index (κ3) is 2.99. The number of hydrogen-bond donors (Lipinski definition) is 0. The van der Waals surface area contributed by atoms with Crippen molar-refractivity contribution in [2.24, 2.45) is 0 Å². The molecule has 0 aromatic heterocycles. The topological polar surface area (TPSA) is 17.1 Å². The van der Waals surface area contributed by atoms with E-state index in [2.05, 4.69) is 0 Å². The van der Waals surface area contributed by atoms with Crippen LogP contribution in [0.2, 0.25) is 5.02 Å². The molecule has 18 heavy (non-hydrogen) atoms. The number of Topliss-reactive ketones (excluding diaryl/α,β-unsaturated/α-hetero) is 1. The summed E-state index contributed by atoms with van der Waals surface area (Å²) >= 11 is 6.07. The van der Waals surface area contributed by atoms with Crippen molar-refractivity contribution >= 4 is 17.4 Å². The zero-order valence-electron chi connectivity index (χ0n) is 10.3. The highest BCUT2D eigenvalue weighted by Crippen LogP contribution is 2.21. The van der Waals surface area contributed by atoms with Crippen molar-refractivity contribution in [2.75, 3.05) is 0 Å². The third-order valence-electron chi connectivity index (χ3n) is 3.11. The van der Waals surface area contributed by atoms with Gasteiger partial charge < -0.3 is 0 Å². The second-order valence-corrected chi connectivity index (χ2v) is 4.77. The zero-order chi connectivity index (χ0) is 13.0. The maximum atomic E-state index is 12.2. The molecule has 0 amide bonds. The van der Waals surface area contributed by atoms with Crippen LogP contribution in [-0.4, -0.2) is 5.78 Å². The van der Waals surface area contributed by atoms with E-state index < -0.39 is 0 Å². The van der Waals surface area contributed by atoms with Crippen molar-refractivity contribution in [1.82, 2.24) is 0 Å². The molecule has 0 radical (unpaired) electrons. The second-order valence-electron chi connectivity index (χ2n) is 4.37. The van der Waals surface area contributed by atoms with Gasteiger partial charge in [-0.2, -0.15) is 0 Å². The Morgan fingerprint density at radius 3 is 2.33 bits per heavy atom. The van der Waals surface area contributed by atoms with Crippen LogP contribution in [0.25, 0.3) is 0 Å². The average Bonchev–Trinajstić information content (AvgIpc) is 2.41. The summed E-state index contributed by atoms with van der Waals surface area (Å²) in [7, 11) is 0. The van der Waals surface area contributed by atoms with E-state index >= 15 is 0 Å². The highest BCUT2D eigenvalue weighted by Gasteiger charge is 2.16. The van der Waals surface area contributed by atoms with Gasteiger partial charge in [-0.15, -0.1) is 0 Å². The molecule has 1 unspecified atom stereocenters. The summed E-state index contributed by atoms with van der Waals surface area (Å²) in [5, 5.41) is 0.658. The first-order valence-electron chi connectivity index (χ1n) is 5.99. The van der Waals surface area contributed by atoms with Crippen LogP contribution in [0.5, 0.6) is 0 Å². The van der Waals surface area contributed by atoms with E-state index in [-0.39, 0.29) is 11.7 Å². The van der Waals surface area contributed by atoms with Crippen LogP contribution in [0.3, 0.4) is 0 Å². The minimum Gasteiger partial charge on any atom is -0.299 e. The van der Waals surface area contributed by atoms with Crippen LogP contribution in [0.1, 0.15) is 24.0 Å². The lowest BCUT2D eigenvalue weighted by molar-refractivity contribution is -0.119. The number of halogens is 1. The van der Waals surface area contributed by atoms with Crippen LogP contribution in [0.4, 0.5) is 0 Å². The van der Waals surface area contributed by atoms with E-state index in [0.717, 1.165) is 11.1 Å². The van der Waals surface area contributed by atoms with Gasteiger partial charge in [0, 0.05) is 17.4 Å². The van der Waals surface area contributed by atoms with Gasteiger partial charge in [0.2, 0.25) is 0 Å². The Kier molecular flexibility index (Phi) is 4.16. The Balaban J connectivity index is 2.12. The molecule has 92 valence electrons. The third-order valence-corrected chi connectivity index (χ3v) is 3.47. The molecule has 1 nitrogen and oxygen atoms in total. The number of benzene rings is 2. The molecule has 1 atom stereocenters. The Labute approximate surface area is 112 Å². The highest BCUT2D eigenvalue weighted by atomic mass is 35.5. The van der Waals surface area contributed by atoms with Crippen LogP contribution < -0.4 is 0 Å². The second kappa shape index (κ2) is 5.83. The summed E-state index contributed by atoms with van der Waals surface area (Å²) in [5.41, 5.74) is 1.95. The Bertz CT molecular complexity index is 534. The lowest BCUT2D eigenvalue weighted by Gasteiger charge is -2.11. The molecule has 2 aromatic rings. The molecule has 0 aliphatic heterocycles. The Hall–Kier alpha value is -1.60. The summed E-state index contributed by atoms with van der Waals surface area (Å²) in [6.07, 6.45) is 0.385. The number of rotatable bonds is 4. The summed E-state index contributed by atoms with van der Waals surface area (Å²) in [5.74, 6) is 0.0942. The maximum Gasteiger partial charge on any atom is 0.144 e. The first-order valence-corrected chi connectivity index (χ1v) is 6.37. The fourth-order valence-electron chi connectivity index (χ4n) is 1.91. The van der Waals surface area contributed by atoms with E-state index in [9.17, 15) is 4.79 Å². The van der Waals surface area contributed by atoms with Gasteiger partial charge >= 0.3 is 0 Å². The van der Waals surface area contributed by atoms with Crippen LogP contribution >= 0.6 is 11.6 Å². The number of carbonyl (C=O) groups excluding carboxylic acids is 1. The number of carbonyl (C=O) groups is 1. The monoisotopic (exact) mass is 258 g/mol. The van der Waals surface area contributed by atoms with E-state index in [0.29, 0.717) is 11.4 Å². The van der Waals surface area contributed by atoms with Gasteiger partial charge in [-0.05, 0) is 17.2 Å². The van der Waals surface area contributed by atoms with E-state index in [1.54, 1.807) is 0 Å². The number of ketones is 1. The van der Waals surface area contributed by atoms with Crippen LogP contribution in [-0.2, 0) is 11.2 Å². The average molecular weight is 259 g/mol. The van der Waals surface area contributed by atoms with Gasteiger partial charge in [0.15, 0.2) is 0 Å². The molecule has 2 heteroatoms.